The van der Waals surface area contributed by atoms with Crippen molar-refractivity contribution in [1.82, 2.24) is 4.90 Å². The van der Waals surface area contributed by atoms with E-state index in [4.69, 9.17) is 0 Å². The molecule has 0 unspecified atom stereocenters. The minimum atomic E-state index is 0.0370. The third-order valence-corrected chi connectivity index (χ3v) is 3.02. The Bertz CT molecular complexity index is 410. The van der Waals surface area contributed by atoms with E-state index in [1.165, 1.54) is 12.8 Å². The van der Waals surface area contributed by atoms with Gasteiger partial charge in [-0.05, 0) is 49.4 Å². The first kappa shape index (κ1) is 11.0. The number of nitrogens with zero attached hydrogens (tertiary/aromatic N) is 1. The molecule has 0 heterocycles. The molecule has 0 spiro atoms. The molecule has 0 aromatic heterocycles. The zero-order valence-electron chi connectivity index (χ0n) is 9.73. The molecule has 16 heavy (non-hydrogen) atoms. The summed E-state index contributed by atoms with van der Waals surface area (Å²) < 4.78 is 0. The first-order chi connectivity index (χ1) is 7.58. The Morgan fingerprint density at radius 3 is 2.75 bits per heavy atom. The molecule has 0 aliphatic heterocycles. The van der Waals surface area contributed by atoms with Crippen molar-refractivity contribution in [2.24, 2.45) is 5.92 Å². The Labute approximate surface area is 95.7 Å². The molecule has 0 saturated heterocycles. The van der Waals surface area contributed by atoms with Crippen LogP contribution in [0.5, 0.6) is 5.75 Å². The first-order valence-corrected chi connectivity index (χ1v) is 5.63. The van der Waals surface area contributed by atoms with Crippen LogP contribution in [-0.4, -0.2) is 29.5 Å². The molecule has 1 aliphatic carbocycles. The molecule has 0 bridgehead atoms. The second-order valence-corrected chi connectivity index (χ2v) is 4.63. The molecule has 86 valence electrons. The molecule has 3 heteroatoms. The molecule has 1 saturated carbocycles. The van der Waals surface area contributed by atoms with E-state index in [-0.39, 0.29) is 11.7 Å². The Kier molecular flexibility index (Phi) is 2.86. The monoisotopic (exact) mass is 219 g/mol. The number of phenols is 1. The summed E-state index contributed by atoms with van der Waals surface area (Å²) in [5, 5.41) is 9.39. The van der Waals surface area contributed by atoms with E-state index >= 15 is 0 Å². The normalized spacial score (nSPS) is 14.9. The van der Waals surface area contributed by atoms with Crippen LogP contribution < -0.4 is 0 Å². The quantitative estimate of drug-likeness (QED) is 0.846. The van der Waals surface area contributed by atoms with Gasteiger partial charge in [0.05, 0.1) is 0 Å². The minimum Gasteiger partial charge on any atom is -0.508 e. The molecule has 1 aromatic carbocycles. The van der Waals surface area contributed by atoms with E-state index in [1.54, 1.807) is 30.0 Å². The largest absolute Gasteiger partial charge is 0.508 e. The highest BCUT2D eigenvalue weighted by Gasteiger charge is 2.25. The smallest absolute Gasteiger partial charge is 0.253 e. The molecule has 1 aliphatic rings. The number of carbonyl (C=O) groups excluding carboxylic acids is 1. The summed E-state index contributed by atoms with van der Waals surface area (Å²) in [4.78, 5) is 13.8. The van der Waals surface area contributed by atoms with Gasteiger partial charge in [0.25, 0.3) is 5.91 Å². The first-order valence-electron chi connectivity index (χ1n) is 5.63. The van der Waals surface area contributed by atoms with E-state index in [9.17, 15) is 9.90 Å². The van der Waals surface area contributed by atoms with Crippen LogP contribution in [-0.2, 0) is 0 Å². The summed E-state index contributed by atoms with van der Waals surface area (Å²) in [5.41, 5.74) is 1.39. The Balaban J connectivity index is 2.09. The summed E-state index contributed by atoms with van der Waals surface area (Å²) >= 11 is 0. The van der Waals surface area contributed by atoms with Gasteiger partial charge in [-0.2, -0.15) is 0 Å². The zero-order chi connectivity index (χ0) is 11.7. The number of aromatic hydroxyl groups is 1. The highest BCUT2D eigenvalue weighted by Crippen LogP contribution is 2.29. The predicted octanol–water partition coefficient (Wildman–Crippen LogP) is 2.18. The molecule has 1 fully saturated rings. The van der Waals surface area contributed by atoms with Crippen LogP contribution in [0.4, 0.5) is 0 Å². The molecule has 1 aromatic rings. The third kappa shape index (κ3) is 2.35. The number of amides is 1. The zero-order valence-corrected chi connectivity index (χ0v) is 9.73. The van der Waals surface area contributed by atoms with Gasteiger partial charge in [-0.15, -0.1) is 0 Å². The van der Waals surface area contributed by atoms with Gasteiger partial charge in [-0.3, -0.25) is 4.79 Å². The van der Waals surface area contributed by atoms with Crippen LogP contribution >= 0.6 is 0 Å². The Hall–Kier alpha value is -1.51. The number of hydrogen-bond donors (Lipinski definition) is 1. The van der Waals surface area contributed by atoms with Crippen LogP contribution in [0, 0.1) is 12.8 Å². The van der Waals surface area contributed by atoms with Gasteiger partial charge >= 0.3 is 0 Å². The second kappa shape index (κ2) is 4.16. The number of phenolic OH excluding ortho intramolecular Hbond substituents is 1. The summed E-state index contributed by atoms with van der Waals surface area (Å²) in [6.45, 7) is 2.64. The van der Waals surface area contributed by atoms with Crippen molar-refractivity contribution in [2.45, 2.75) is 19.8 Å². The standard InChI is InChI=1S/C13H17NO2/c1-9-7-11(5-6-12(9)15)13(16)14(2)8-10-3-4-10/h5-7,10,15H,3-4,8H2,1-2H3. The lowest BCUT2D eigenvalue weighted by atomic mass is 10.1. The number of carbonyl (C=O) groups is 1. The molecule has 1 amide bonds. The average molecular weight is 219 g/mol. The number of benzene rings is 1. The van der Waals surface area contributed by atoms with Crippen LogP contribution in [0.25, 0.3) is 0 Å². The second-order valence-electron chi connectivity index (χ2n) is 4.63. The molecule has 3 nitrogen and oxygen atoms in total. The van der Waals surface area contributed by atoms with E-state index in [0.717, 1.165) is 12.1 Å². The van der Waals surface area contributed by atoms with Crippen molar-refractivity contribution in [1.29, 1.82) is 0 Å². The van der Waals surface area contributed by atoms with Crippen molar-refractivity contribution in [3.05, 3.63) is 29.3 Å². The van der Waals surface area contributed by atoms with E-state index < -0.39 is 0 Å². The van der Waals surface area contributed by atoms with E-state index in [0.29, 0.717) is 11.5 Å². The average Bonchev–Trinajstić information content (AvgIpc) is 3.05. The maximum absolute atomic E-state index is 12.0. The van der Waals surface area contributed by atoms with E-state index in [1.807, 2.05) is 7.05 Å². The van der Waals surface area contributed by atoms with Crippen LogP contribution in [0.1, 0.15) is 28.8 Å². The lowest BCUT2D eigenvalue weighted by Crippen LogP contribution is -2.28. The van der Waals surface area contributed by atoms with Crippen LogP contribution in [0.2, 0.25) is 0 Å². The number of rotatable bonds is 3. The van der Waals surface area contributed by atoms with Gasteiger partial charge in [0.15, 0.2) is 0 Å². The van der Waals surface area contributed by atoms with Crippen molar-refractivity contribution >= 4 is 5.91 Å². The lowest BCUT2D eigenvalue weighted by molar-refractivity contribution is 0.0788. The summed E-state index contributed by atoms with van der Waals surface area (Å²) in [6.07, 6.45) is 2.48. The van der Waals surface area contributed by atoms with Gasteiger partial charge < -0.3 is 10.0 Å². The summed E-state index contributed by atoms with van der Waals surface area (Å²) in [5.74, 6) is 0.976. The minimum absolute atomic E-state index is 0.0370. The topological polar surface area (TPSA) is 40.5 Å². The Morgan fingerprint density at radius 1 is 1.50 bits per heavy atom. The molecule has 1 N–H and O–H groups in total. The lowest BCUT2D eigenvalue weighted by Gasteiger charge is -2.17. The fourth-order valence-electron chi connectivity index (χ4n) is 1.78. The maximum atomic E-state index is 12.0. The van der Waals surface area contributed by atoms with Gasteiger partial charge in [-0.25, -0.2) is 0 Å². The third-order valence-electron chi connectivity index (χ3n) is 3.02. The van der Waals surface area contributed by atoms with Crippen molar-refractivity contribution < 1.29 is 9.90 Å². The van der Waals surface area contributed by atoms with Gasteiger partial charge in [-0.1, -0.05) is 0 Å². The van der Waals surface area contributed by atoms with Crippen molar-refractivity contribution in [2.75, 3.05) is 13.6 Å². The van der Waals surface area contributed by atoms with Gasteiger partial charge in [0, 0.05) is 19.2 Å². The maximum Gasteiger partial charge on any atom is 0.253 e. The van der Waals surface area contributed by atoms with Crippen molar-refractivity contribution in [3.8, 4) is 5.75 Å². The predicted molar refractivity (Wildman–Crippen MR) is 62.5 cm³/mol. The summed E-state index contributed by atoms with van der Waals surface area (Å²) in [6, 6.07) is 4.99. The highest BCUT2D eigenvalue weighted by atomic mass is 16.3. The molecular weight excluding hydrogens is 202 g/mol. The Morgan fingerprint density at radius 2 is 2.19 bits per heavy atom. The van der Waals surface area contributed by atoms with E-state index in [2.05, 4.69) is 0 Å². The van der Waals surface area contributed by atoms with Gasteiger partial charge in [0.2, 0.25) is 0 Å². The van der Waals surface area contributed by atoms with Crippen molar-refractivity contribution in [3.63, 3.8) is 0 Å². The molecule has 0 atom stereocenters. The molecular formula is C13H17NO2. The van der Waals surface area contributed by atoms with Gasteiger partial charge in [0.1, 0.15) is 5.75 Å². The van der Waals surface area contributed by atoms with Crippen LogP contribution in [0.3, 0.4) is 0 Å². The SMILES string of the molecule is Cc1cc(C(=O)N(C)CC2CC2)ccc1O. The number of hydrogen-bond acceptors (Lipinski definition) is 2. The molecule has 2 rings (SSSR count). The molecule has 0 radical (unpaired) electrons. The fourth-order valence-corrected chi connectivity index (χ4v) is 1.78. The fraction of sp³-hybridized carbons (Fsp3) is 0.462. The number of aryl methyl sites for hydroxylation is 1. The summed E-state index contributed by atoms with van der Waals surface area (Å²) in [7, 11) is 1.84. The van der Waals surface area contributed by atoms with Crippen LogP contribution in [0.15, 0.2) is 18.2 Å². The highest BCUT2D eigenvalue weighted by molar-refractivity contribution is 5.94.